The van der Waals surface area contributed by atoms with Gasteiger partial charge in [-0.25, -0.2) is 8.42 Å². The first-order chi connectivity index (χ1) is 16.2. The van der Waals surface area contributed by atoms with E-state index in [9.17, 15) is 13.2 Å². The summed E-state index contributed by atoms with van der Waals surface area (Å²) >= 11 is 5.12. The number of nitrogens with one attached hydrogen (secondary N) is 3. The summed E-state index contributed by atoms with van der Waals surface area (Å²) in [5, 5.41) is 5.34. The predicted octanol–water partition coefficient (Wildman–Crippen LogP) is 2.72. The Morgan fingerprint density at radius 2 is 1.82 bits per heavy atom. The maximum atomic E-state index is 12.7. The molecule has 0 radical (unpaired) electrons. The van der Waals surface area contributed by atoms with Crippen molar-refractivity contribution in [2.75, 3.05) is 24.3 Å². The number of hydrogen-bond donors (Lipinski definition) is 3. The standard InChI is InChI=1S/C21H21N5O6S2/c1-13-4-7-15(32-13)8-11-18(27)24-21(33)22-14-5-9-16(10-6-14)34(28,29)26-17-12-19(30-2)25-20(23-17)31-3/h4-12H,1-3H3,(H,23,25,26)(H2,22,24,27,33). The molecule has 2 heterocycles. The highest BCUT2D eigenvalue weighted by Gasteiger charge is 2.17. The molecule has 3 N–H and O–H groups in total. The molecule has 11 nitrogen and oxygen atoms in total. The molecule has 0 spiro atoms. The van der Waals surface area contributed by atoms with Crippen molar-refractivity contribution in [3.63, 3.8) is 0 Å². The number of thiocarbonyl (C=S) groups is 1. The second-order valence-corrected chi connectivity index (χ2v) is 8.73. The van der Waals surface area contributed by atoms with Crippen molar-refractivity contribution in [2.24, 2.45) is 0 Å². The molecular weight excluding hydrogens is 482 g/mol. The third-order valence-electron chi connectivity index (χ3n) is 4.13. The largest absolute Gasteiger partial charge is 0.481 e. The summed E-state index contributed by atoms with van der Waals surface area (Å²) in [5.74, 6) is 0.928. The van der Waals surface area contributed by atoms with Gasteiger partial charge in [-0.05, 0) is 61.6 Å². The van der Waals surface area contributed by atoms with Crippen LogP contribution in [0.15, 0.2) is 57.9 Å². The molecule has 0 atom stereocenters. The fraction of sp³-hybridized carbons (Fsp3) is 0.143. The third kappa shape index (κ3) is 6.76. The summed E-state index contributed by atoms with van der Waals surface area (Å²) in [5.41, 5.74) is 0.472. The van der Waals surface area contributed by atoms with Crippen LogP contribution < -0.4 is 24.8 Å². The molecule has 0 aliphatic carbocycles. The zero-order valence-corrected chi connectivity index (χ0v) is 20.0. The lowest BCUT2D eigenvalue weighted by Crippen LogP contribution is -2.32. The Labute approximate surface area is 201 Å². The number of hydrogen-bond acceptors (Lipinski definition) is 9. The summed E-state index contributed by atoms with van der Waals surface area (Å²) in [7, 11) is -1.23. The summed E-state index contributed by atoms with van der Waals surface area (Å²) in [6.07, 6.45) is 2.80. The normalized spacial score (nSPS) is 11.1. The number of ether oxygens (including phenoxy) is 2. The number of anilines is 2. The van der Waals surface area contributed by atoms with E-state index in [0.29, 0.717) is 11.4 Å². The summed E-state index contributed by atoms with van der Waals surface area (Å²) in [6.45, 7) is 1.80. The van der Waals surface area contributed by atoms with Crippen LogP contribution in [0.4, 0.5) is 11.5 Å². The molecule has 0 saturated carbocycles. The van der Waals surface area contributed by atoms with E-state index in [2.05, 4.69) is 25.3 Å². The molecule has 1 amide bonds. The number of methoxy groups -OCH3 is 2. The molecule has 34 heavy (non-hydrogen) atoms. The zero-order chi connectivity index (χ0) is 24.7. The van der Waals surface area contributed by atoms with Crippen LogP contribution in [0.2, 0.25) is 0 Å². The maximum Gasteiger partial charge on any atom is 0.321 e. The van der Waals surface area contributed by atoms with E-state index in [4.69, 9.17) is 26.1 Å². The van der Waals surface area contributed by atoms with E-state index >= 15 is 0 Å². The highest BCUT2D eigenvalue weighted by atomic mass is 32.2. The topological polar surface area (TPSA) is 145 Å². The monoisotopic (exact) mass is 503 g/mol. The Kier molecular flexibility index (Phi) is 7.81. The van der Waals surface area contributed by atoms with E-state index in [0.717, 1.165) is 5.76 Å². The zero-order valence-electron chi connectivity index (χ0n) is 18.4. The minimum absolute atomic E-state index is 0.0208. The molecule has 3 aromatic rings. The van der Waals surface area contributed by atoms with Crippen molar-refractivity contribution in [1.82, 2.24) is 15.3 Å². The van der Waals surface area contributed by atoms with Gasteiger partial charge in [-0.1, -0.05) is 0 Å². The summed E-state index contributed by atoms with van der Waals surface area (Å²) in [4.78, 5) is 19.8. The number of aryl methyl sites for hydroxylation is 1. The number of amides is 1. The highest BCUT2D eigenvalue weighted by molar-refractivity contribution is 7.92. The number of sulfonamides is 1. The summed E-state index contributed by atoms with van der Waals surface area (Å²) < 4.78 is 43.0. The number of furan rings is 1. The van der Waals surface area contributed by atoms with Crippen molar-refractivity contribution in [3.05, 3.63) is 60.1 Å². The average molecular weight is 504 g/mol. The van der Waals surface area contributed by atoms with Crippen LogP contribution in [0.3, 0.4) is 0 Å². The van der Waals surface area contributed by atoms with E-state index in [1.807, 2.05) is 0 Å². The van der Waals surface area contributed by atoms with Crippen LogP contribution in [0.5, 0.6) is 11.9 Å². The molecule has 0 bridgehead atoms. The molecule has 13 heteroatoms. The quantitative estimate of drug-likeness (QED) is 0.310. The molecular formula is C21H21N5O6S2. The van der Waals surface area contributed by atoms with Gasteiger partial charge in [-0.15, -0.1) is 0 Å². The van der Waals surface area contributed by atoms with Gasteiger partial charge in [-0.2, -0.15) is 9.97 Å². The van der Waals surface area contributed by atoms with Crippen molar-refractivity contribution in [3.8, 4) is 11.9 Å². The van der Waals surface area contributed by atoms with Gasteiger partial charge in [0.2, 0.25) is 11.8 Å². The van der Waals surface area contributed by atoms with Gasteiger partial charge >= 0.3 is 6.01 Å². The third-order valence-corrected chi connectivity index (χ3v) is 5.71. The second-order valence-electron chi connectivity index (χ2n) is 6.64. The van der Waals surface area contributed by atoms with Crippen LogP contribution in [-0.4, -0.2) is 43.6 Å². The number of nitrogens with zero attached hydrogens (tertiary/aromatic N) is 2. The molecule has 0 fully saturated rings. The highest BCUT2D eigenvalue weighted by Crippen LogP contribution is 2.21. The second kappa shape index (κ2) is 10.8. The first-order valence-corrected chi connectivity index (χ1v) is 11.5. The number of carbonyl (C=O) groups excluding carboxylic acids is 1. The van der Waals surface area contributed by atoms with Gasteiger partial charge in [0.1, 0.15) is 11.5 Å². The Hall–Kier alpha value is -3.97. The SMILES string of the molecule is COc1cc(NS(=O)(=O)c2ccc(NC(=S)NC(=O)C=Cc3ccc(C)o3)cc2)nc(OC)n1. The predicted molar refractivity (Wildman–Crippen MR) is 129 cm³/mol. The van der Waals surface area contributed by atoms with Crippen LogP contribution in [0.25, 0.3) is 6.08 Å². The lowest BCUT2D eigenvalue weighted by atomic mass is 10.3. The number of carbonyl (C=O) groups is 1. The molecule has 0 unspecified atom stereocenters. The lowest BCUT2D eigenvalue weighted by molar-refractivity contribution is -0.115. The number of rotatable bonds is 8. The van der Waals surface area contributed by atoms with E-state index in [1.54, 1.807) is 19.1 Å². The van der Waals surface area contributed by atoms with Crippen molar-refractivity contribution >= 4 is 50.8 Å². The van der Waals surface area contributed by atoms with E-state index < -0.39 is 15.9 Å². The van der Waals surface area contributed by atoms with Crippen molar-refractivity contribution < 1.29 is 27.1 Å². The molecule has 0 aliphatic heterocycles. The van der Waals surface area contributed by atoms with Gasteiger partial charge < -0.3 is 19.2 Å². The van der Waals surface area contributed by atoms with Crippen molar-refractivity contribution in [2.45, 2.75) is 11.8 Å². The van der Waals surface area contributed by atoms with Crippen LogP contribution in [0, 0.1) is 6.92 Å². The number of benzene rings is 1. The lowest BCUT2D eigenvalue weighted by Gasteiger charge is -2.11. The fourth-order valence-electron chi connectivity index (χ4n) is 2.58. The van der Waals surface area contributed by atoms with Crippen molar-refractivity contribution in [1.29, 1.82) is 0 Å². The smallest absolute Gasteiger partial charge is 0.321 e. The molecule has 0 aliphatic rings. The Morgan fingerprint density at radius 1 is 1.09 bits per heavy atom. The van der Waals surface area contributed by atoms with Gasteiger partial charge in [0.25, 0.3) is 10.0 Å². The average Bonchev–Trinajstić information content (AvgIpc) is 3.22. The first kappa shape index (κ1) is 24.7. The first-order valence-electron chi connectivity index (χ1n) is 9.65. The Morgan fingerprint density at radius 3 is 2.44 bits per heavy atom. The van der Waals surface area contributed by atoms with Crippen LogP contribution >= 0.6 is 12.2 Å². The Bertz CT molecular complexity index is 1300. The molecule has 1 aromatic carbocycles. The van der Waals surface area contributed by atoms with Gasteiger partial charge in [0.15, 0.2) is 10.9 Å². The minimum atomic E-state index is -3.96. The fourth-order valence-corrected chi connectivity index (χ4v) is 3.79. The Balaban J connectivity index is 1.61. The van der Waals surface area contributed by atoms with E-state index in [-0.39, 0.29) is 27.7 Å². The minimum Gasteiger partial charge on any atom is -0.481 e. The van der Waals surface area contributed by atoms with Crippen LogP contribution in [-0.2, 0) is 14.8 Å². The maximum absolute atomic E-state index is 12.7. The van der Waals surface area contributed by atoms with Gasteiger partial charge in [-0.3, -0.25) is 14.8 Å². The molecule has 0 saturated heterocycles. The molecule has 3 rings (SSSR count). The molecule has 2 aromatic heterocycles. The molecule has 178 valence electrons. The van der Waals surface area contributed by atoms with E-state index in [1.165, 1.54) is 56.7 Å². The summed E-state index contributed by atoms with van der Waals surface area (Å²) in [6, 6.07) is 10.5. The number of aromatic nitrogens is 2. The van der Waals surface area contributed by atoms with Crippen LogP contribution in [0.1, 0.15) is 11.5 Å². The van der Waals surface area contributed by atoms with Gasteiger partial charge in [0.05, 0.1) is 19.1 Å². The van der Waals surface area contributed by atoms with Gasteiger partial charge in [0, 0.05) is 17.8 Å².